The second kappa shape index (κ2) is 12.1. The first-order valence-electron chi connectivity index (χ1n) is 12.0. The standard InChI is InChI=1S/C24H21FN8O5S3/c25-3-7-38-31-16(15-11-41-24(27)29-15)19(34)30-17-20(35)33-18(23(36)37)12(9-39-22(17)33)8-32-6-1-2-13-14(28-5-4-26)10-40-21(13)32/h1-2,6,10-11,17,22,28H,3,5,7-9H2,(H3-,27,29,30,34,36,37)/p+1/b31-16-/t17?,22-/m1/s1. The Morgan fingerprint density at radius 3 is 2.93 bits per heavy atom. The van der Waals surface area contributed by atoms with E-state index in [1.54, 1.807) is 0 Å². The van der Waals surface area contributed by atoms with Crippen molar-refractivity contribution < 1.29 is 33.3 Å². The summed E-state index contributed by atoms with van der Waals surface area (Å²) in [6.07, 6.45) is 1.83. The van der Waals surface area contributed by atoms with Crippen LogP contribution in [0.1, 0.15) is 5.69 Å². The fraction of sp³-hybridized carbons (Fsp3) is 0.292. The van der Waals surface area contributed by atoms with E-state index in [0.717, 1.165) is 27.2 Å². The molecule has 5 rings (SSSR count). The summed E-state index contributed by atoms with van der Waals surface area (Å²) in [6, 6.07) is 4.77. The first-order chi connectivity index (χ1) is 19.8. The van der Waals surface area contributed by atoms with Crippen molar-refractivity contribution in [1.82, 2.24) is 15.2 Å². The van der Waals surface area contributed by atoms with Gasteiger partial charge in [-0.1, -0.05) is 16.5 Å². The second-order valence-corrected chi connectivity index (χ2v) is 11.5. The van der Waals surface area contributed by atoms with Gasteiger partial charge in [-0.25, -0.2) is 14.2 Å². The van der Waals surface area contributed by atoms with Gasteiger partial charge in [0.15, 0.2) is 23.6 Å². The molecule has 3 aromatic heterocycles. The van der Waals surface area contributed by atoms with E-state index < -0.39 is 35.9 Å². The zero-order chi connectivity index (χ0) is 29.1. The van der Waals surface area contributed by atoms with Crippen LogP contribution in [0.2, 0.25) is 0 Å². The van der Waals surface area contributed by atoms with Crippen molar-refractivity contribution in [3.05, 3.63) is 46.1 Å². The van der Waals surface area contributed by atoms with Crippen LogP contribution in [0.15, 0.2) is 45.5 Å². The number of nitriles is 1. The molecule has 13 nitrogen and oxygen atoms in total. The lowest BCUT2D eigenvalue weighted by Crippen LogP contribution is -2.71. The monoisotopic (exact) mass is 617 g/mol. The van der Waals surface area contributed by atoms with E-state index in [9.17, 15) is 23.9 Å². The van der Waals surface area contributed by atoms with Gasteiger partial charge >= 0.3 is 5.97 Å². The van der Waals surface area contributed by atoms with Gasteiger partial charge < -0.3 is 26.3 Å². The van der Waals surface area contributed by atoms with Crippen molar-refractivity contribution in [2.45, 2.75) is 18.0 Å². The van der Waals surface area contributed by atoms with E-state index >= 15 is 0 Å². The van der Waals surface area contributed by atoms with Gasteiger partial charge in [0.1, 0.15) is 42.6 Å². The molecule has 0 spiro atoms. The SMILES string of the molecule is N#CCNc1csc2c1ccc[n+]2CC1=C(C(=O)O)N2C(=O)C(NC(=O)/C(=N\OCCF)c3csc(N)n3)[C@H]2SC1. The van der Waals surface area contributed by atoms with E-state index in [0.29, 0.717) is 11.3 Å². The number of nitrogens with one attached hydrogen (secondary N) is 2. The van der Waals surface area contributed by atoms with Crippen LogP contribution in [0.5, 0.6) is 0 Å². The molecule has 5 heterocycles. The molecular weight excluding hydrogens is 596 g/mol. The fourth-order valence-corrected chi connectivity index (χ4v) is 7.30. The number of carboxylic acids is 1. The molecule has 0 bridgehead atoms. The van der Waals surface area contributed by atoms with Crippen LogP contribution in [0, 0.1) is 11.3 Å². The summed E-state index contributed by atoms with van der Waals surface area (Å²) in [7, 11) is 0. The molecule has 0 aromatic carbocycles. The van der Waals surface area contributed by atoms with E-state index in [1.165, 1.54) is 33.4 Å². The number of aliphatic carboxylic acids is 1. The highest BCUT2D eigenvalue weighted by Crippen LogP contribution is 2.40. The fourth-order valence-electron chi connectivity index (χ4n) is 4.41. The lowest BCUT2D eigenvalue weighted by atomic mass is 10.0. The van der Waals surface area contributed by atoms with Crippen molar-refractivity contribution in [1.29, 1.82) is 5.26 Å². The molecule has 2 atom stereocenters. The van der Waals surface area contributed by atoms with Gasteiger partial charge in [-0.05, 0) is 6.07 Å². The summed E-state index contributed by atoms with van der Waals surface area (Å²) in [5, 5.41) is 32.1. The van der Waals surface area contributed by atoms with Crippen molar-refractivity contribution in [2.24, 2.45) is 5.16 Å². The quantitative estimate of drug-likeness (QED) is 0.0610. The highest BCUT2D eigenvalue weighted by atomic mass is 32.2. The third kappa shape index (κ3) is 5.53. The van der Waals surface area contributed by atoms with E-state index in [-0.39, 0.29) is 41.9 Å². The van der Waals surface area contributed by atoms with Crippen LogP contribution in [0.25, 0.3) is 10.2 Å². The van der Waals surface area contributed by atoms with E-state index in [1.807, 2.05) is 34.3 Å². The number of halogens is 1. The molecule has 212 valence electrons. The van der Waals surface area contributed by atoms with Crippen LogP contribution in [-0.4, -0.2) is 75.5 Å². The third-order valence-corrected chi connectivity index (χ3v) is 9.20. The van der Waals surface area contributed by atoms with Crippen LogP contribution >= 0.6 is 34.4 Å². The minimum Gasteiger partial charge on any atom is -0.477 e. The number of thioether (sulfide) groups is 1. The number of pyridine rings is 1. The number of amides is 2. The number of nitrogens with zero attached hydrogens (tertiary/aromatic N) is 5. The van der Waals surface area contributed by atoms with Crippen molar-refractivity contribution in [3.63, 3.8) is 0 Å². The van der Waals surface area contributed by atoms with Crippen LogP contribution in [0.3, 0.4) is 0 Å². The number of oxime groups is 1. The van der Waals surface area contributed by atoms with Gasteiger partial charge in [-0.15, -0.1) is 23.1 Å². The molecule has 3 aromatic rings. The molecule has 0 saturated carbocycles. The molecule has 5 N–H and O–H groups in total. The van der Waals surface area contributed by atoms with Crippen LogP contribution in [-0.2, 0) is 25.8 Å². The smallest absolute Gasteiger partial charge is 0.352 e. The number of thiazole rings is 1. The highest BCUT2D eigenvalue weighted by molar-refractivity contribution is 8.00. The number of β-lactam (4-membered cyclic amide) rings is 1. The Balaban J connectivity index is 1.36. The normalized spacial score (nSPS) is 18.5. The Kier molecular flexibility index (Phi) is 8.33. The Morgan fingerprint density at radius 1 is 1.39 bits per heavy atom. The molecule has 0 radical (unpaired) electrons. The molecule has 0 aliphatic carbocycles. The van der Waals surface area contributed by atoms with Crippen molar-refractivity contribution in [2.75, 3.05) is 36.6 Å². The first-order valence-corrected chi connectivity index (χ1v) is 14.8. The van der Waals surface area contributed by atoms with Crippen molar-refractivity contribution in [3.8, 4) is 6.07 Å². The van der Waals surface area contributed by atoms with Gasteiger partial charge in [-0.3, -0.25) is 14.5 Å². The number of rotatable bonds is 11. The molecule has 1 fully saturated rings. The molecule has 2 aliphatic heterocycles. The summed E-state index contributed by atoms with van der Waals surface area (Å²) in [5.74, 6) is -2.33. The van der Waals surface area contributed by atoms with Crippen LogP contribution in [0.4, 0.5) is 15.2 Å². The third-order valence-electron chi connectivity index (χ3n) is 6.16. The molecule has 1 unspecified atom stereocenters. The minimum absolute atomic E-state index is 0.1000. The topological polar surface area (TPSA) is 187 Å². The predicted molar refractivity (Wildman–Crippen MR) is 151 cm³/mol. The van der Waals surface area contributed by atoms with Gasteiger partial charge in [0.2, 0.25) is 0 Å². The zero-order valence-electron chi connectivity index (χ0n) is 21.1. The number of carbonyl (C=O) groups excluding carboxylic acids is 2. The van der Waals surface area contributed by atoms with E-state index in [2.05, 4.69) is 20.8 Å². The number of fused-ring (bicyclic) bond motifs is 2. The second-order valence-electron chi connectivity index (χ2n) is 8.67. The Bertz CT molecular complexity index is 1630. The predicted octanol–water partition coefficient (Wildman–Crippen LogP) is 1.29. The largest absolute Gasteiger partial charge is 0.477 e. The number of hydrogen-bond acceptors (Lipinski definition) is 12. The molecule has 2 aliphatic rings. The molecule has 41 heavy (non-hydrogen) atoms. The van der Waals surface area contributed by atoms with Gasteiger partial charge in [0, 0.05) is 28.2 Å². The van der Waals surface area contributed by atoms with Gasteiger partial charge in [-0.2, -0.15) is 9.83 Å². The summed E-state index contributed by atoms with van der Waals surface area (Å²) >= 11 is 3.84. The zero-order valence-corrected chi connectivity index (χ0v) is 23.5. The molecule has 2 amide bonds. The number of nitrogen functional groups attached to an aromatic ring is 1. The minimum atomic E-state index is -1.25. The number of anilines is 2. The summed E-state index contributed by atoms with van der Waals surface area (Å²) in [5.41, 5.74) is 6.70. The average Bonchev–Trinajstić information content (AvgIpc) is 3.58. The number of hydrogen-bond donors (Lipinski definition) is 4. The van der Waals surface area contributed by atoms with E-state index in [4.69, 9.17) is 15.8 Å². The Hall–Kier alpha value is -4.27. The summed E-state index contributed by atoms with van der Waals surface area (Å²) in [4.78, 5) is 49.5. The molecule has 1 saturated heterocycles. The van der Waals surface area contributed by atoms with Crippen LogP contribution < -0.4 is 20.9 Å². The summed E-state index contributed by atoms with van der Waals surface area (Å²) in [6.45, 7) is -0.823. The maximum absolute atomic E-state index is 13.2. The summed E-state index contributed by atoms with van der Waals surface area (Å²) < 4.78 is 14.4. The molecular formula is C24H22FN8O5S3+. The number of carbonyl (C=O) groups is 3. The van der Waals surface area contributed by atoms with Crippen molar-refractivity contribution >= 4 is 79.0 Å². The average molecular weight is 618 g/mol. The number of nitrogens with two attached hydrogens (primary N) is 1. The highest BCUT2D eigenvalue weighted by Gasteiger charge is 2.55. The molecule has 17 heteroatoms. The van der Waals surface area contributed by atoms with Gasteiger partial charge in [0.25, 0.3) is 16.6 Å². The van der Waals surface area contributed by atoms with Gasteiger partial charge in [0.05, 0.1) is 17.1 Å². The lowest BCUT2D eigenvalue weighted by molar-refractivity contribution is -0.661. The Morgan fingerprint density at radius 2 is 2.22 bits per heavy atom. The first kappa shape index (κ1) is 28.3. The number of aromatic nitrogens is 2. The number of alkyl halides is 1. The number of thiophene rings is 1. The number of carboxylic acid groups (broad SMARTS) is 1. The maximum atomic E-state index is 13.2. The lowest BCUT2D eigenvalue weighted by Gasteiger charge is -2.49. The maximum Gasteiger partial charge on any atom is 0.352 e. The Labute approximate surface area is 244 Å².